The summed E-state index contributed by atoms with van der Waals surface area (Å²) in [4.78, 5) is 11.6. The maximum Gasteiger partial charge on any atom is 0.227 e. The molecule has 4 N–H and O–H groups in total. The SMILES string of the molecule is NC(=O)C1c2cc(CN[C@@H]3CC3c3ccccc3)ccc2C[C@H]1O. The summed E-state index contributed by atoms with van der Waals surface area (Å²) >= 11 is 0. The maximum atomic E-state index is 11.6. The Bertz CT molecular complexity index is 759. The Labute approximate surface area is 141 Å². The van der Waals surface area contributed by atoms with Crippen LogP contribution in [0.3, 0.4) is 0 Å². The average molecular weight is 322 g/mol. The van der Waals surface area contributed by atoms with Crippen LogP contribution in [0.15, 0.2) is 48.5 Å². The highest BCUT2D eigenvalue weighted by molar-refractivity contribution is 5.84. The van der Waals surface area contributed by atoms with E-state index >= 15 is 0 Å². The van der Waals surface area contributed by atoms with E-state index in [2.05, 4.69) is 35.6 Å². The molecule has 0 heterocycles. The van der Waals surface area contributed by atoms with Gasteiger partial charge in [-0.1, -0.05) is 48.5 Å². The summed E-state index contributed by atoms with van der Waals surface area (Å²) in [6.45, 7) is 0.767. The number of carbonyl (C=O) groups is 1. The number of nitrogens with one attached hydrogen (secondary N) is 1. The molecule has 24 heavy (non-hydrogen) atoms. The van der Waals surface area contributed by atoms with Gasteiger partial charge in [-0.15, -0.1) is 0 Å². The van der Waals surface area contributed by atoms with Crippen molar-refractivity contribution in [1.29, 1.82) is 0 Å². The number of carbonyl (C=O) groups excluding carboxylic acids is 1. The van der Waals surface area contributed by atoms with Gasteiger partial charge in [0.05, 0.1) is 12.0 Å². The second-order valence-electron chi connectivity index (χ2n) is 6.92. The van der Waals surface area contributed by atoms with Gasteiger partial charge in [-0.3, -0.25) is 4.79 Å². The lowest BCUT2D eigenvalue weighted by atomic mass is 9.97. The van der Waals surface area contributed by atoms with Gasteiger partial charge in [0.25, 0.3) is 0 Å². The van der Waals surface area contributed by atoms with E-state index in [1.807, 2.05) is 18.2 Å². The third kappa shape index (κ3) is 2.83. The number of nitrogens with two attached hydrogens (primary N) is 1. The van der Waals surface area contributed by atoms with Crippen LogP contribution < -0.4 is 11.1 Å². The normalized spacial score (nSPS) is 27.7. The summed E-state index contributed by atoms with van der Waals surface area (Å²) in [5.41, 5.74) is 9.90. The maximum absolute atomic E-state index is 11.6. The number of rotatable bonds is 5. The Balaban J connectivity index is 1.41. The Hall–Kier alpha value is -2.17. The third-order valence-corrected chi connectivity index (χ3v) is 5.25. The molecule has 4 rings (SSSR count). The van der Waals surface area contributed by atoms with Crippen molar-refractivity contribution in [2.24, 2.45) is 5.73 Å². The van der Waals surface area contributed by atoms with Crippen molar-refractivity contribution in [1.82, 2.24) is 5.32 Å². The molecule has 1 saturated carbocycles. The van der Waals surface area contributed by atoms with Gasteiger partial charge in [0, 0.05) is 18.5 Å². The topological polar surface area (TPSA) is 75.4 Å². The van der Waals surface area contributed by atoms with Crippen LogP contribution in [0, 0.1) is 0 Å². The van der Waals surface area contributed by atoms with Crippen LogP contribution >= 0.6 is 0 Å². The summed E-state index contributed by atoms with van der Waals surface area (Å²) < 4.78 is 0. The largest absolute Gasteiger partial charge is 0.392 e. The first-order chi connectivity index (χ1) is 11.6. The first-order valence-corrected chi connectivity index (χ1v) is 8.51. The number of fused-ring (bicyclic) bond motifs is 1. The third-order valence-electron chi connectivity index (χ3n) is 5.25. The first-order valence-electron chi connectivity index (χ1n) is 8.51. The molecule has 2 aromatic carbocycles. The molecule has 0 bridgehead atoms. The first kappa shape index (κ1) is 15.4. The molecule has 1 fully saturated rings. The zero-order valence-electron chi connectivity index (χ0n) is 13.5. The van der Waals surface area contributed by atoms with Crippen LogP contribution in [0.5, 0.6) is 0 Å². The number of amides is 1. The molecule has 2 aliphatic carbocycles. The number of hydrogen-bond acceptors (Lipinski definition) is 3. The van der Waals surface area contributed by atoms with Crippen molar-refractivity contribution in [3.63, 3.8) is 0 Å². The molecule has 0 aliphatic heterocycles. The average Bonchev–Trinajstić information content (AvgIpc) is 3.27. The molecule has 1 amide bonds. The number of primary amides is 1. The van der Waals surface area contributed by atoms with Gasteiger partial charge < -0.3 is 16.2 Å². The lowest BCUT2D eigenvalue weighted by Crippen LogP contribution is -2.28. The van der Waals surface area contributed by atoms with Crippen LogP contribution in [0.25, 0.3) is 0 Å². The highest BCUT2D eigenvalue weighted by Gasteiger charge is 2.38. The molecular formula is C20H22N2O2. The minimum Gasteiger partial charge on any atom is -0.392 e. The highest BCUT2D eigenvalue weighted by Crippen LogP contribution is 2.41. The quantitative estimate of drug-likeness (QED) is 0.786. The van der Waals surface area contributed by atoms with Crippen molar-refractivity contribution >= 4 is 5.91 Å². The standard InChI is InChI=1S/C20H22N2O2/c21-20(24)19-16-8-12(6-7-14(16)9-18(19)23)11-22-17-10-15(17)13-4-2-1-3-5-13/h1-8,15,17-19,22-23H,9-11H2,(H2,21,24)/t15?,17-,18-,19?/m1/s1. The predicted molar refractivity (Wildman–Crippen MR) is 92.5 cm³/mol. The van der Waals surface area contributed by atoms with Gasteiger partial charge in [0.1, 0.15) is 0 Å². The van der Waals surface area contributed by atoms with E-state index < -0.39 is 17.9 Å². The molecule has 0 saturated heterocycles. The lowest BCUT2D eigenvalue weighted by Gasteiger charge is -2.12. The van der Waals surface area contributed by atoms with Crippen molar-refractivity contribution in [2.45, 2.75) is 43.4 Å². The molecule has 124 valence electrons. The zero-order valence-corrected chi connectivity index (χ0v) is 13.5. The van der Waals surface area contributed by atoms with E-state index in [-0.39, 0.29) is 0 Å². The van der Waals surface area contributed by atoms with Crippen molar-refractivity contribution in [2.75, 3.05) is 0 Å². The lowest BCUT2D eigenvalue weighted by molar-refractivity contribution is -0.121. The molecule has 2 aromatic rings. The predicted octanol–water partition coefficient (Wildman–Crippen LogP) is 1.82. The van der Waals surface area contributed by atoms with Crippen LogP contribution in [-0.4, -0.2) is 23.2 Å². The zero-order chi connectivity index (χ0) is 16.7. The summed E-state index contributed by atoms with van der Waals surface area (Å²) in [6.07, 6.45) is 0.985. The van der Waals surface area contributed by atoms with Gasteiger partial charge in [-0.25, -0.2) is 0 Å². The molecule has 2 aliphatic rings. The molecule has 4 heteroatoms. The summed E-state index contributed by atoms with van der Waals surface area (Å²) in [5, 5.41) is 13.6. The minimum absolute atomic E-state index is 0.447. The molecule has 2 unspecified atom stereocenters. The molecule has 0 spiro atoms. The Morgan fingerprint density at radius 3 is 2.75 bits per heavy atom. The Kier molecular flexibility index (Phi) is 3.87. The summed E-state index contributed by atoms with van der Waals surface area (Å²) in [6, 6.07) is 17.2. The van der Waals surface area contributed by atoms with E-state index in [4.69, 9.17) is 5.73 Å². The molecule has 0 aromatic heterocycles. The number of benzene rings is 2. The number of aliphatic hydroxyl groups is 1. The molecule has 0 radical (unpaired) electrons. The molecule has 4 atom stereocenters. The second-order valence-corrected chi connectivity index (χ2v) is 6.92. The summed E-state index contributed by atoms with van der Waals surface area (Å²) in [7, 11) is 0. The van der Waals surface area contributed by atoms with Gasteiger partial charge in [-0.05, 0) is 35.1 Å². The van der Waals surface area contributed by atoms with Crippen LogP contribution in [-0.2, 0) is 17.8 Å². The van der Waals surface area contributed by atoms with E-state index in [1.165, 1.54) is 5.56 Å². The van der Waals surface area contributed by atoms with E-state index in [9.17, 15) is 9.90 Å². The highest BCUT2D eigenvalue weighted by atomic mass is 16.3. The van der Waals surface area contributed by atoms with Gasteiger partial charge in [0.15, 0.2) is 0 Å². The molecule has 4 nitrogen and oxygen atoms in total. The minimum atomic E-state index is -0.688. The van der Waals surface area contributed by atoms with E-state index in [0.717, 1.165) is 29.7 Å². The fourth-order valence-corrected chi connectivity index (χ4v) is 3.86. The van der Waals surface area contributed by atoms with Gasteiger partial charge >= 0.3 is 0 Å². The summed E-state index contributed by atoms with van der Waals surface area (Å²) in [5.74, 6) is -0.420. The smallest absolute Gasteiger partial charge is 0.227 e. The number of aliphatic hydroxyl groups excluding tert-OH is 1. The van der Waals surface area contributed by atoms with E-state index in [1.54, 1.807) is 0 Å². The van der Waals surface area contributed by atoms with Crippen LogP contribution in [0.1, 0.15) is 40.5 Å². The van der Waals surface area contributed by atoms with Gasteiger partial charge in [-0.2, -0.15) is 0 Å². The second kappa shape index (κ2) is 6.04. The van der Waals surface area contributed by atoms with Crippen molar-refractivity contribution in [3.8, 4) is 0 Å². The fourth-order valence-electron chi connectivity index (χ4n) is 3.86. The number of hydrogen-bond donors (Lipinski definition) is 3. The Morgan fingerprint density at radius 2 is 2.00 bits per heavy atom. The van der Waals surface area contributed by atoms with Crippen LogP contribution in [0.2, 0.25) is 0 Å². The van der Waals surface area contributed by atoms with Crippen LogP contribution in [0.4, 0.5) is 0 Å². The van der Waals surface area contributed by atoms with E-state index in [0.29, 0.717) is 18.4 Å². The monoisotopic (exact) mass is 322 g/mol. The van der Waals surface area contributed by atoms with Crippen molar-refractivity contribution < 1.29 is 9.90 Å². The fraction of sp³-hybridized carbons (Fsp3) is 0.350. The van der Waals surface area contributed by atoms with Crippen molar-refractivity contribution in [3.05, 3.63) is 70.8 Å². The Morgan fingerprint density at radius 1 is 1.21 bits per heavy atom. The molecular weight excluding hydrogens is 300 g/mol. The van der Waals surface area contributed by atoms with Gasteiger partial charge in [0.2, 0.25) is 5.91 Å².